The van der Waals surface area contributed by atoms with Gasteiger partial charge in [0.15, 0.2) is 6.61 Å². The first-order valence-corrected chi connectivity index (χ1v) is 8.57. The largest absolute Gasteiger partial charge is 0.484 e. The van der Waals surface area contributed by atoms with Gasteiger partial charge in [0.2, 0.25) is 0 Å². The highest BCUT2D eigenvalue weighted by atomic mass is 35.5. The van der Waals surface area contributed by atoms with Crippen LogP contribution in [-0.2, 0) is 4.79 Å². The first-order valence-electron chi connectivity index (χ1n) is 8.20. The number of carbonyl (C=O) groups excluding carboxylic acids is 1. The average Bonchev–Trinajstić information content (AvgIpc) is 2.57. The Balaban J connectivity index is 1.91. The lowest BCUT2D eigenvalue weighted by Crippen LogP contribution is -2.20. The Morgan fingerprint density at radius 1 is 1.17 bits per heavy atom. The zero-order chi connectivity index (χ0) is 17.7. The number of ether oxygens (including phenoxy) is 1. The molecule has 24 heavy (non-hydrogen) atoms. The summed E-state index contributed by atoms with van der Waals surface area (Å²) in [7, 11) is 0. The van der Waals surface area contributed by atoms with E-state index in [2.05, 4.69) is 31.3 Å². The zero-order valence-electron chi connectivity index (χ0n) is 14.7. The molecule has 0 spiro atoms. The predicted molar refractivity (Wildman–Crippen MR) is 100 cm³/mol. The highest BCUT2D eigenvalue weighted by molar-refractivity contribution is 6.32. The highest BCUT2D eigenvalue weighted by Crippen LogP contribution is 2.26. The summed E-state index contributed by atoms with van der Waals surface area (Å²) in [5.41, 5.74) is 3.93. The standard InChI is InChI=1S/C20H24ClNO2/c1-5-13(2)16-6-8-17(9-7-16)22-19(23)12-24-18-10-14(3)20(21)15(4)11-18/h6-11,13H,5,12H2,1-4H3,(H,22,23)/t13-/m0/s1. The molecule has 0 fully saturated rings. The summed E-state index contributed by atoms with van der Waals surface area (Å²) < 4.78 is 5.57. The number of hydrogen-bond acceptors (Lipinski definition) is 2. The molecule has 0 saturated heterocycles. The first-order chi connectivity index (χ1) is 11.4. The van der Waals surface area contributed by atoms with E-state index in [4.69, 9.17) is 16.3 Å². The Labute approximate surface area is 149 Å². The fourth-order valence-corrected chi connectivity index (χ4v) is 2.58. The molecule has 3 nitrogen and oxygen atoms in total. The second kappa shape index (κ2) is 8.20. The van der Waals surface area contributed by atoms with Crippen molar-refractivity contribution in [2.45, 2.75) is 40.0 Å². The molecule has 0 aliphatic carbocycles. The lowest BCUT2D eigenvalue weighted by molar-refractivity contribution is -0.118. The van der Waals surface area contributed by atoms with E-state index in [1.807, 2.05) is 38.1 Å². The smallest absolute Gasteiger partial charge is 0.262 e. The predicted octanol–water partition coefficient (Wildman–Crippen LogP) is 5.49. The summed E-state index contributed by atoms with van der Waals surface area (Å²) >= 11 is 6.13. The minimum Gasteiger partial charge on any atom is -0.484 e. The van der Waals surface area contributed by atoms with Crippen molar-refractivity contribution in [1.29, 1.82) is 0 Å². The van der Waals surface area contributed by atoms with Gasteiger partial charge in [-0.25, -0.2) is 0 Å². The van der Waals surface area contributed by atoms with Gasteiger partial charge < -0.3 is 10.1 Å². The Hall–Kier alpha value is -2.00. The van der Waals surface area contributed by atoms with Gasteiger partial charge in [0.05, 0.1) is 0 Å². The third-order valence-electron chi connectivity index (χ3n) is 4.16. The number of aryl methyl sites for hydroxylation is 2. The van der Waals surface area contributed by atoms with Gasteiger partial charge in [-0.2, -0.15) is 0 Å². The van der Waals surface area contributed by atoms with E-state index in [1.54, 1.807) is 0 Å². The van der Waals surface area contributed by atoms with Crippen LogP contribution in [0.25, 0.3) is 0 Å². The fraction of sp³-hybridized carbons (Fsp3) is 0.350. The number of rotatable bonds is 6. The number of anilines is 1. The van der Waals surface area contributed by atoms with Crippen molar-refractivity contribution in [3.05, 3.63) is 58.1 Å². The topological polar surface area (TPSA) is 38.3 Å². The molecule has 0 aliphatic heterocycles. The number of halogens is 1. The maximum absolute atomic E-state index is 12.0. The molecule has 2 aromatic carbocycles. The van der Waals surface area contributed by atoms with E-state index >= 15 is 0 Å². The van der Waals surface area contributed by atoms with Crippen LogP contribution in [0.3, 0.4) is 0 Å². The molecular formula is C20H24ClNO2. The summed E-state index contributed by atoms with van der Waals surface area (Å²) in [6.07, 6.45) is 1.10. The van der Waals surface area contributed by atoms with Crippen LogP contribution in [-0.4, -0.2) is 12.5 Å². The third-order valence-corrected chi connectivity index (χ3v) is 4.75. The molecule has 128 valence electrons. The maximum atomic E-state index is 12.0. The Morgan fingerprint density at radius 3 is 2.29 bits per heavy atom. The van der Waals surface area contributed by atoms with Crippen molar-refractivity contribution >= 4 is 23.2 Å². The van der Waals surface area contributed by atoms with Gasteiger partial charge in [-0.05, 0) is 67.1 Å². The van der Waals surface area contributed by atoms with Crippen LogP contribution in [0, 0.1) is 13.8 Å². The summed E-state index contributed by atoms with van der Waals surface area (Å²) in [4.78, 5) is 12.0. The van der Waals surface area contributed by atoms with Gasteiger partial charge >= 0.3 is 0 Å². The average molecular weight is 346 g/mol. The number of hydrogen-bond donors (Lipinski definition) is 1. The van der Waals surface area contributed by atoms with Crippen LogP contribution < -0.4 is 10.1 Å². The molecule has 0 unspecified atom stereocenters. The molecule has 0 saturated carbocycles. The Kier molecular flexibility index (Phi) is 6.27. The Bertz CT molecular complexity index is 687. The van der Waals surface area contributed by atoms with E-state index in [0.29, 0.717) is 11.7 Å². The molecule has 4 heteroatoms. The van der Waals surface area contributed by atoms with Gasteiger partial charge in [-0.15, -0.1) is 0 Å². The lowest BCUT2D eigenvalue weighted by atomic mass is 9.99. The van der Waals surface area contributed by atoms with E-state index in [9.17, 15) is 4.79 Å². The summed E-state index contributed by atoms with van der Waals surface area (Å²) in [6.45, 7) is 8.16. The lowest BCUT2D eigenvalue weighted by Gasteiger charge is -2.12. The van der Waals surface area contributed by atoms with Crippen molar-refractivity contribution in [2.24, 2.45) is 0 Å². The van der Waals surface area contributed by atoms with Crippen LogP contribution in [0.5, 0.6) is 5.75 Å². The molecule has 0 aromatic heterocycles. The molecule has 1 N–H and O–H groups in total. The maximum Gasteiger partial charge on any atom is 0.262 e. The molecule has 2 aromatic rings. The summed E-state index contributed by atoms with van der Waals surface area (Å²) in [5, 5.41) is 3.58. The molecule has 0 heterocycles. The van der Waals surface area contributed by atoms with Crippen LogP contribution in [0.4, 0.5) is 5.69 Å². The van der Waals surface area contributed by atoms with Crippen LogP contribution in [0.15, 0.2) is 36.4 Å². The number of benzene rings is 2. The minimum atomic E-state index is -0.184. The van der Waals surface area contributed by atoms with Gasteiger partial charge in [0.25, 0.3) is 5.91 Å². The summed E-state index contributed by atoms with van der Waals surface area (Å²) in [5.74, 6) is 0.989. The van der Waals surface area contributed by atoms with E-state index in [-0.39, 0.29) is 12.5 Å². The van der Waals surface area contributed by atoms with Crippen LogP contribution >= 0.6 is 11.6 Å². The van der Waals surface area contributed by atoms with Crippen LogP contribution in [0.1, 0.15) is 42.9 Å². The number of carbonyl (C=O) groups is 1. The number of nitrogens with one attached hydrogen (secondary N) is 1. The molecule has 0 aliphatic rings. The second-order valence-electron chi connectivity index (χ2n) is 6.14. The van der Waals surface area contributed by atoms with Crippen molar-refractivity contribution in [1.82, 2.24) is 0 Å². The van der Waals surface area contributed by atoms with Gasteiger partial charge in [-0.1, -0.05) is 37.6 Å². The highest BCUT2D eigenvalue weighted by Gasteiger charge is 2.08. The zero-order valence-corrected chi connectivity index (χ0v) is 15.4. The molecule has 1 amide bonds. The molecule has 0 radical (unpaired) electrons. The van der Waals surface area contributed by atoms with Crippen molar-refractivity contribution < 1.29 is 9.53 Å². The van der Waals surface area contributed by atoms with Crippen molar-refractivity contribution in [2.75, 3.05) is 11.9 Å². The van der Waals surface area contributed by atoms with E-state index < -0.39 is 0 Å². The van der Waals surface area contributed by atoms with Crippen molar-refractivity contribution in [3.63, 3.8) is 0 Å². The minimum absolute atomic E-state index is 0.0341. The SMILES string of the molecule is CC[C@H](C)c1ccc(NC(=O)COc2cc(C)c(Cl)c(C)c2)cc1. The number of amides is 1. The Morgan fingerprint density at radius 2 is 1.75 bits per heavy atom. The molecule has 0 bridgehead atoms. The molecule has 2 rings (SSSR count). The monoisotopic (exact) mass is 345 g/mol. The first kappa shape index (κ1) is 18.3. The normalized spacial score (nSPS) is 11.9. The van der Waals surface area contributed by atoms with Gasteiger partial charge in [0, 0.05) is 10.7 Å². The van der Waals surface area contributed by atoms with E-state index in [1.165, 1.54) is 5.56 Å². The quantitative estimate of drug-likeness (QED) is 0.752. The van der Waals surface area contributed by atoms with Gasteiger partial charge in [0.1, 0.15) is 5.75 Å². The second-order valence-corrected chi connectivity index (χ2v) is 6.52. The molecule has 1 atom stereocenters. The third kappa shape index (κ3) is 4.75. The summed E-state index contributed by atoms with van der Waals surface area (Å²) in [6, 6.07) is 11.6. The fourth-order valence-electron chi connectivity index (χ4n) is 2.47. The van der Waals surface area contributed by atoms with E-state index in [0.717, 1.165) is 28.3 Å². The van der Waals surface area contributed by atoms with Gasteiger partial charge in [-0.3, -0.25) is 4.79 Å². The van der Waals surface area contributed by atoms with Crippen LogP contribution in [0.2, 0.25) is 5.02 Å². The molecular weight excluding hydrogens is 322 g/mol. The van der Waals surface area contributed by atoms with Crippen molar-refractivity contribution in [3.8, 4) is 5.75 Å².